The Labute approximate surface area is 60.4 Å². The van der Waals surface area contributed by atoms with E-state index in [9.17, 15) is 0 Å². The Kier molecular flexibility index (Phi) is 3.73. The molecule has 0 aromatic heterocycles. The van der Waals surface area contributed by atoms with Crippen molar-refractivity contribution in [2.75, 3.05) is 26.2 Å². The molecular formula is C8H20P+. The molecule has 0 spiro atoms. The Hall–Kier alpha value is 0.430. The minimum absolute atomic E-state index is 0.488. The minimum Gasteiger partial charge on any atom is -0.0650 e. The summed E-state index contributed by atoms with van der Waals surface area (Å²) in [4.78, 5) is 0. The molecule has 0 rings (SSSR count). The van der Waals surface area contributed by atoms with Gasteiger partial charge in [0, 0.05) is 27.3 Å². The average molecular weight is 147 g/mol. The molecule has 1 atom stereocenters. The van der Waals surface area contributed by atoms with Gasteiger partial charge in [0.05, 0.1) is 6.16 Å². The van der Waals surface area contributed by atoms with Gasteiger partial charge >= 0.3 is 0 Å². The third-order valence-electron chi connectivity index (χ3n) is 1.56. The van der Waals surface area contributed by atoms with Crippen LogP contribution in [-0.2, 0) is 0 Å². The summed E-state index contributed by atoms with van der Waals surface area (Å²) in [6.07, 6.45) is 2.81. The van der Waals surface area contributed by atoms with E-state index in [-0.39, 0.29) is 0 Å². The van der Waals surface area contributed by atoms with Gasteiger partial charge in [-0.25, -0.2) is 0 Å². The van der Waals surface area contributed by atoms with Crippen molar-refractivity contribution < 1.29 is 0 Å². The number of rotatable bonds is 3. The average Bonchev–Trinajstić information content (AvgIpc) is 1.62. The summed E-state index contributed by atoms with van der Waals surface area (Å²) in [5.41, 5.74) is 0. The Balaban J connectivity index is 3.47. The molecule has 0 aliphatic carbocycles. The highest BCUT2D eigenvalue weighted by Gasteiger charge is 2.19. The predicted octanol–water partition coefficient (Wildman–Crippen LogP) is 2.94. The Morgan fingerprint density at radius 2 is 1.67 bits per heavy atom. The summed E-state index contributed by atoms with van der Waals surface area (Å²) in [5.74, 6) is 0.943. The molecule has 0 nitrogen and oxygen atoms in total. The summed E-state index contributed by atoms with van der Waals surface area (Å²) in [6.45, 7) is 11.9. The lowest BCUT2D eigenvalue weighted by Crippen LogP contribution is -2.03. The van der Waals surface area contributed by atoms with Crippen molar-refractivity contribution in [3.05, 3.63) is 0 Å². The van der Waals surface area contributed by atoms with Gasteiger partial charge in [-0.15, -0.1) is 0 Å². The van der Waals surface area contributed by atoms with Crippen LogP contribution >= 0.6 is 7.26 Å². The SMILES string of the molecule is CCC(C)C[P+](C)(C)C. The third kappa shape index (κ3) is 6.31. The van der Waals surface area contributed by atoms with Gasteiger partial charge in [-0.05, 0) is 5.92 Å². The van der Waals surface area contributed by atoms with Gasteiger partial charge in [-0.3, -0.25) is 0 Å². The molecule has 0 aromatic carbocycles. The maximum Gasteiger partial charge on any atom is 0.0611 e. The lowest BCUT2D eigenvalue weighted by molar-refractivity contribution is 0.631. The highest BCUT2D eigenvalue weighted by atomic mass is 31.2. The third-order valence-corrected chi connectivity index (χ3v) is 3.28. The van der Waals surface area contributed by atoms with E-state index in [4.69, 9.17) is 0 Å². The molecule has 0 saturated heterocycles. The first kappa shape index (κ1) is 9.43. The first-order chi connectivity index (χ1) is 3.95. The molecule has 0 heterocycles. The summed E-state index contributed by atoms with van der Waals surface area (Å²) < 4.78 is 0. The highest BCUT2D eigenvalue weighted by molar-refractivity contribution is 7.73. The second-order valence-electron chi connectivity index (χ2n) is 3.99. The molecule has 0 amide bonds. The van der Waals surface area contributed by atoms with Gasteiger partial charge in [0.1, 0.15) is 0 Å². The largest absolute Gasteiger partial charge is 0.0650 e. The molecule has 0 radical (unpaired) electrons. The van der Waals surface area contributed by atoms with Crippen molar-refractivity contribution in [1.29, 1.82) is 0 Å². The van der Waals surface area contributed by atoms with Gasteiger partial charge in [0.25, 0.3) is 0 Å². The summed E-state index contributed by atoms with van der Waals surface area (Å²) >= 11 is 0. The number of hydrogen-bond acceptors (Lipinski definition) is 0. The second-order valence-corrected chi connectivity index (χ2v) is 8.93. The predicted molar refractivity (Wildman–Crippen MR) is 49.0 cm³/mol. The summed E-state index contributed by atoms with van der Waals surface area (Å²) in [6, 6.07) is 0. The zero-order valence-corrected chi connectivity index (χ0v) is 8.33. The van der Waals surface area contributed by atoms with Crippen LogP contribution in [0.2, 0.25) is 0 Å². The van der Waals surface area contributed by atoms with E-state index >= 15 is 0 Å². The van der Waals surface area contributed by atoms with E-state index in [0.717, 1.165) is 5.92 Å². The van der Waals surface area contributed by atoms with Crippen molar-refractivity contribution >= 4 is 7.26 Å². The highest BCUT2D eigenvalue weighted by Crippen LogP contribution is 2.48. The smallest absolute Gasteiger partial charge is 0.0611 e. The van der Waals surface area contributed by atoms with Crippen LogP contribution in [0, 0.1) is 5.92 Å². The van der Waals surface area contributed by atoms with E-state index in [2.05, 4.69) is 33.8 Å². The molecule has 0 fully saturated rings. The van der Waals surface area contributed by atoms with Crippen molar-refractivity contribution in [2.24, 2.45) is 5.92 Å². The lowest BCUT2D eigenvalue weighted by atomic mass is 10.2. The van der Waals surface area contributed by atoms with Crippen molar-refractivity contribution in [3.63, 3.8) is 0 Å². The molecule has 0 aliphatic rings. The van der Waals surface area contributed by atoms with Gasteiger partial charge in [0.2, 0.25) is 0 Å². The van der Waals surface area contributed by atoms with Crippen LogP contribution in [0.25, 0.3) is 0 Å². The minimum atomic E-state index is -0.488. The fourth-order valence-corrected chi connectivity index (χ4v) is 3.19. The van der Waals surface area contributed by atoms with Gasteiger partial charge < -0.3 is 0 Å². The van der Waals surface area contributed by atoms with Gasteiger partial charge in [-0.1, -0.05) is 20.3 Å². The zero-order valence-electron chi connectivity index (χ0n) is 7.44. The van der Waals surface area contributed by atoms with Crippen LogP contribution < -0.4 is 0 Å². The summed E-state index contributed by atoms with van der Waals surface area (Å²) in [7, 11) is -0.488. The topological polar surface area (TPSA) is 0 Å². The fraction of sp³-hybridized carbons (Fsp3) is 1.00. The van der Waals surface area contributed by atoms with Gasteiger partial charge in [-0.2, -0.15) is 0 Å². The quantitative estimate of drug-likeness (QED) is 0.538. The fourth-order valence-electron chi connectivity index (χ4n) is 1.06. The molecule has 0 N–H and O–H groups in total. The first-order valence-corrected chi connectivity index (χ1v) is 7.07. The molecule has 1 unspecified atom stereocenters. The normalized spacial score (nSPS) is 15.7. The van der Waals surface area contributed by atoms with Crippen LogP contribution in [0.1, 0.15) is 20.3 Å². The van der Waals surface area contributed by atoms with Crippen LogP contribution in [0.15, 0.2) is 0 Å². The standard InChI is InChI=1S/C8H20P/c1-6-8(2)7-9(3,4)5/h8H,6-7H2,1-5H3/q+1. The maximum absolute atomic E-state index is 2.42. The van der Waals surface area contributed by atoms with Crippen LogP contribution in [0.5, 0.6) is 0 Å². The first-order valence-electron chi connectivity index (χ1n) is 3.76. The second kappa shape index (κ2) is 3.56. The molecule has 0 aromatic rings. The Bertz CT molecular complexity index is 71.1. The molecule has 56 valence electrons. The Morgan fingerprint density at radius 1 is 1.22 bits per heavy atom. The molecule has 9 heavy (non-hydrogen) atoms. The van der Waals surface area contributed by atoms with E-state index < -0.39 is 7.26 Å². The van der Waals surface area contributed by atoms with E-state index in [0.29, 0.717) is 0 Å². The van der Waals surface area contributed by atoms with Crippen molar-refractivity contribution in [3.8, 4) is 0 Å². The monoisotopic (exact) mass is 147 g/mol. The number of hydrogen-bond donors (Lipinski definition) is 0. The van der Waals surface area contributed by atoms with Crippen molar-refractivity contribution in [1.82, 2.24) is 0 Å². The molecule has 0 aliphatic heterocycles. The van der Waals surface area contributed by atoms with E-state index in [1.807, 2.05) is 0 Å². The lowest BCUT2D eigenvalue weighted by Gasteiger charge is -2.15. The van der Waals surface area contributed by atoms with E-state index in [1.54, 1.807) is 0 Å². The maximum atomic E-state index is 2.42. The zero-order chi connectivity index (χ0) is 7.49. The van der Waals surface area contributed by atoms with Crippen LogP contribution in [-0.4, -0.2) is 26.2 Å². The molecular weight excluding hydrogens is 127 g/mol. The molecule has 0 bridgehead atoms. The summed E-state index contributed by atoms with van der Waals surface area (Å²) in [5, 5.41) is 0. The molecule has 1 heteroatoms. The molecule has 0 saturated carbocycles. The van der Waals surface area contributed by atoms with Crippen LogP contribution in [0.4, 0.5) is 0 Å². The Morgan fingerprint density at radius 3 is 1.78 bits per heavy atom. The van der Waals surface area contributed by atoms with Gasteiger partial charge in [0.15, 0.2) is 0 Å². The van der Waals surface area contributed by atoms with E-state index in [1.165, 1.54) is 12.6 Å². The van der Waals surface area contributed by atoms with Crippen LogP contribution in [0.3, 0.4) is 0 Å². The van der Waals surface area contributed by atoms with Crippen molar-refractivity contribution in [2.45, 2.75) is 20.3 Å².